The van der Waals surface area contributed by atoms with Crippen molar-refractivity contribution in [3.8, 4) is 0 Å². The number of rotatable bonds is 6. The second-order valence-corrected chi connectivity index (χ2v) is 9.91. The van der Waals surface area contributed by atoms with Crippen molar-refractivity contribution >= 4 is 17.6 Å². The third kappa shape index (κ3) is 4.91. The number of aliphatic hydroxyl groups is 1. The van der Waals surface area contributed by atoms with Gasteiger partial charge in [-0.3, -0.25) is 4.68 Å². The van der Waals surface area contributed by atoms with Crippen LogP contribution in [0, 0.1) is 6.92 Å². The van der Waals surface area contributed by atoms with Gasteiger partial charge in [0.15, 0.2) is 5.83 Å². The molecule has 1 aliphatic heterocycles. The maximum atomic E-state index is 15.0. The zero-order valence-corrected chi connectivity index (χ0v) is 20.1. The molecule has 1 saturated carbocycles. The van der Waals surface area contributed by atoms with Crippen LogP contribution in [0.1, 0.15) is 53.8 Å². The van der Waals surface area contributed by atoms with Crippen LogP contribution in [0.2, 0.25) is 0 Å². The molecule has 0 bridgehead atoms. The van der Waals surface area contributed by atoms with E-state index in [1.165, 1.54) is 30.3 Å². The highest BCUT2D eigenvalue weighted by atomic mass is 19.4. The van der Waals surface area contributed by atoms with Crippen LogP contribution in [0.3, 0.4) is 0 Å². The first-order valence-corrected chi connectivity index (χ1v) is 12.3. The van der Waals surface area contributed by atoms with E-state index in [1.807, 2.05) is 19.1 Å². The van der Waals surface area contributed by atoms with Gasteiger partial charge in [-0.05, 0) is 73.6 Å². The lowest BCUT2D eigenvalue weighted by Gasteiger charge is -2.31. The Hall–Kier alpha value is -3.13. The predicted molar refractivity (Wildman–Crippen MR) is 132 cm³/mol. The average molecular weight is 500 g/mol. The Labute approximate surface area is 207 Å². The number of aliphatic hydroxyl groups excluding tert-OH is 1. The normalized spacial score (nSPS) is 18.5. The molecule has 0 unspecified atom stereocenters. The molecule has 0 atom stereocenters. The topological polar surface area (TPSA) is 41.3 Å². The third-order valence-corrected chi connectivity index (χ3v) is 7.35. The van der Waals surface area contributed by atoms with Crippen LogP contribution in [-0.2, 0) is 12.0 Å². The summed E-state index contributed by atoms with van der Waals surface area (Å²) in [5, 5.41) is 14.2. The Kier molecular flexibility index (Phi) is 6.41. The summed E-state index contributed by atoms with van der Waals surface area (Å²) in [6.45, 7) is 3.96. The van der Waals surface area contributed by atoms with Gasteiger partial charge in [0, 0.05) is 24.5 Å². The summed E-state index contributed by atoms with van der Waals surface area (Å²) in [7, 11) is 0. The van der Waals surface area contributed by atoms with E-state index >= 15 is 4.39 Å². The number of anilines is 1. The largest absolute Gasteiger partial charge is 0.398 e. The van der Waals surface area contributed by atoms with Crippen LogP contribution in [0.25, 0.3) is 11.9 Å². The van der Waals surface area contributed by atoms with Crippen LogP contribution in [-0.4, -0.2) is 40.3 Å². The van der Waals surface area contributed by atoms with E-state index in [2.05, 4.69) is 22.1 Å². The minimum absolute atomic E-state index is 0.0980. The Bertz CT molecular complexity index is 1250. The first-order valence-electron chi connectivity index (χ1n) is 12.3. The standard InChI is InChI=1S/C28H29F4N3O/c1-19-15-26(25(29)17-20-5-7-22(8-6-20)27(11-12-27)28(30,31)32)33-35(19)18-21-3-2-4-23(16-21)34-13-9-24(36)10-14-34/h2-8,15-17,24,36H,9-14,18H2,1H3. The minimum atomic E-state index is -4.27. The minimum Gasteiger partial charge on any atom is -0.393 e. The molecule has 2 fully saturated rings. The van der Waals surface area contributed by atoms with E-state index in [-0.39, 0.29) is 30.2 Å². The molecule has 0 spiro atoms. The molecule has 1 saturated heterocycles. The van der Waals surface area contributed by atoms with Crippen LogP contribution in [0.4, 0.5) is 23.2 Å². The number of benzene rings is 2. The van der Waals surface area contributed by atoms with Crippen molar-refractivity contribution in [1.29, 1.82) is 0 Å². The molecule has 4 nitrogen and oxygen atoms in total. The lowest BCUT2D eigenvalue weighted by atomic mass is 9.94. The molecule has 36 heavy (non-hydrogen) atoms. The van der Waals surface area contributed by atoms with Gasteiger partial charge in [0.1, 0.15) is 5.69 Å². The highest BCUT2D eigenvalue weighted by molar-refractivity contribution is 5.75. The highest BCUT2D eigenvalue weighted by Gasteiger charge is 2.64. The van der Waals surface area contributed by atoms with Gasteiger partial charge in [-0.2, -0.15) is 18.3 Å². The first-order chi connectivity index (χ1) is 17.1. The van der Waals surface area contributed by atoms with E-state index in [0.29, 0.717) is 12.1 Å². The number of nitrogens with zero attached hydrogens (tertiary/aromatic N) is 3. The summed E-state index contributed by atoms with van der Waals surface area (Å²) >= 11 is 0. The molecule has 0 amide bonds. The Morgan fingerprint density at radius 2 is 1.78 bits per heavy atom. The number of alkyl halides is 3. The van der Waals surface area contributed by atoms with Crippen molar-refractivity contribution in [2.75, 3.05) is 18.0 Å². The summed E-state index contributed by atoms with van der Waals surface area (Å²) < 4.78 is 56.8. The van der Waals surface area contributed by atoms with E-state index < -0.39 is 17.4 Å². The van der Waals surface area contributed by atoms with Gasteiger partial charge in [0.25, 0.3) is 0 Å². The van der Waals surface area contributed by atoms with Crippen LogP contribution in [0.5, 0.6) is 0 Å². The summed E-state index contributed by atoms with van der Waals surface area (Å²) in [4.78, 5) is 2.26. The number of aromatic nitrogens is 2. The van der Waals surface area contributed by atoms with Gasteiger partial charge in [0.05, 0.1) is 18.1 Å². The molecule has 1 aromatic heterocycles. The first kappa shape index (κ1) is 24.6. The Morgan fingerprint density at radius 3 is 2.42 bits per heavy atom. The Balaban J connectivity index is 1.29. The van der Waals surface area contributed by atoms with Gasteiger partial charge in [-0.15, -0.1) is 0 Å². The highest BCUT2D eigenvalue weighted by Crippen LogP contribution is 2.58. The molecule has 1 N–H and O–H groups in total. The van der Waals surface area contributed by atoms with Gasteiger partial charge < -0.3 is 10.0 Å². The number of piperidine rings is 1. The quantitative estimate of drug-likeness (QED) is 0.407. The number of aryl methyl sites for hydroxylation is 1. The third-order valence-electron chi connectivity index (χ3n) is 7.35. The van der Waals surface area contributed by atoms with Crippen molar-refractivity contribution in [1.82, 2.24) is 9.78 Å². The second kappa shape index (κ2) is 9.39. The monoisotopic (exact) mass is 499 g/mol. The van der Waals surface area contributed by atoms with Gasteiger partial charge >= 0.3 is 6.18 Å². The molecule has 2 heterocycles. The predicted octanol–water partition coefficient (Wildman–Crippen LogP) is 6.26. The second-order valence-electron chi connectivity index (χ2n) is 9.91. The van der Waals surface area contributed by atoms with Gasteiger partial charge in [-0.1, -0.05) is 36.4 Å². The molecule has 5 rings (SSSR count). The van der Waals surface area contributed by atoms with Crippen LogP contribution < -0.4 is 4.90 Å². The summed E-state index contributed by atoms with van der Waals surface area (Å²) in [5.41, 5.74) is 2.10. The van der Waals surface area contributed by atoms with E-state index in [4.69, 9.17) is 0 Å². The molecule has 1 aliphatic carbocycles. The van der Waals surface area contributed by atoms with Crippen molar-refractivity contribution in [3.05, 3.63) is 82.7 Å². The zero-order chi connectivity index (χ0) is 25.5. The summed E-state index contributed by atoms with van der Waals surface area (Å²) in [6, 6.07) is 15.7. The molecular formula is C28H29F4N3O. The summed E-state index contributed by atoms with van der Waals surface area (Å²) in [5.74, 6) is -0.540. The Morgan fingerprint density at radius 1 is 1.08 bits per heavy atom. The maximum absolute atomic E-state index is 15.0. The lowest BCUT2D eigenvalue weighted by Crippen LogP contribution is -2.35. The zero-order valence-electron chi connectivity index (χ0n) is 20.1. The molecule has 190 valence electrons. The number of hydrogen-bond acceptors (Lipinski definition) is 3. The molecule has 0 radical (unpaired) electrons. The van der Waals surface area contributed by atoms with Crippen molar-refractivity contribution in [3.63, 3.8) is 0 Å². The molecule has 2 aromatic carbocycles. The fraction of sp³-hybridized carbons (Fsp3) is 0.393. The van der Waals surface area contributed by atoms with E-state index in [0.717, 1.165) is 42.9 Å². The van der Waals surface area contributed by atoms with Crippen molar-refractivity contribution in [2.45, 2.75) is 56.8 Å². The maximum Gasteiger partial charge on any atom is 0.398 e. The van der Waals surface area contributed by atoms with Crippen molar-refractivity contribution in [2.24, 2.45) is 0 Å². The SMILES string of the molecule is Cc1cc(C(F)=Cc2ccc(C3(C(F)(F)F)CC3)cc2)nn1Cc1cccc(N2CCC(O)CC2)c1. The van der Waals surface area contributed by atoms with Crippen molar-refractivity contribution < 1.29 is 22.7 Å². The molecular weight excluding hydrogens is 470 g/mol. The molecule has 2 aliphatic rings. The smallest absolute Gasteiger partial charge is 0.393 e. The fourth-order valence-corrected chi connectivity index (χ4v) is 4.91. The summed E-state index contributed by atoms with van der Waals surface area (Å²) in [6.07, 6.45) is -1.50. The molecule has 3 aromatic rings. The average Bonchev–Trinajstić information content (AvgIpc) is 3.59. The lowest BCUT2D eigenvalue weighted by molar-refractivity contribution is -0.160. The fourth-order valence-electron chi connectivity index (χ4n) is 4.91. The number of hydrogen-bond donors (Lipinski definition) is 1. The van der Waals surface area contributed by atoms with Gasteiger partial charge in [-0.25, -0.2) is 4.39 Å². The van der Waals surface area contributed by atoms with E-state index in [1.54, 1.807) is 10.7 Å². The van der Waals surface area contributed by atoms with Gasteiger partial charge in [0.2, 0.25) is 0 Å². The molecule has 8 heteroatoms. The van der Waals surface area contributed by atoms with Crippen LogP contribution >= 0.6 is 0 Å². The van der Waals surface area contributed by atoms with Crippen LogP contribution in [0.15, 0.2) is 54.6 Å². The van der Waals surface area contributed by atoms with E-state index in [9.17, 15) is 18.3 Å². The number of halogens is 4.